The van der Waals surface area contributed by atoms with E-state index in [9.17, 15) is 0 Å². The molecule has 0 atom stereocenters. The molecule has 0 fully saturated rings. The van der Waals surface area contributed by atoms with Crippen molar-refractivity contribution in [2.75, 3.05) is 0 Å². The van der Waals surface area contributed by atoms with Crippen molar-refractivity contribution in [3.05, 3.63) is 72.6 Å². The topological polar surface area (TPSA) is 51.6 Å². The van der Waals surface area contributed by atoms with Gasteiger partial charge in [-0.15, -0.1) is 0 Å². The summed E-state index contributed by atoms with van der Waals surface area (Å²) in [6.07, 6.45) is 3.52. The largest absolute Gasteiger partial charge is 0.240 e. The molecule has 0 amide bonds. The molecule has 26 heavy (non-hydrogen) atoms. The summed E-state index contributed by atoms with van der Waals surface area (Å²) in [5.74, 6) is 1.76. The highest BCUT2D eigenvalue weighted by Crippen LogP contribution is 2.20. The average Bonchev–Trinajstić information content (AvgIpc) is 2.67. The molecule has 0 bridgehead atoms. The van der Waals surface area contributed by atoms with E-state index in [0.717, 1.165) is 27.9 Å². The molecule has 2 aromatic carbocycles. The summed E-state index contributed by atoms with van der Waals surface area (Å²) < 4.78 is 0. The van der Waals surface area contributed by atoms with Gasteiger partial charge in [0.1, 0.15) is 12.2 Å². The first-order valence-electron chi connectivity index (χ1n) is 8.97. The van der Waals surface area contributed by atoms with Crippen molar-refractivity contribution in [1.82, 2.24) is 19.9 Å². The number of hydrogen-bond donors (Lipinski definition) is 0. The van der Waals surface area contributed by atoms with Gasteiger partial charge in [0, 0.05) is 22.9 Å². The first-order valence-corrected chi connectivity index (χ1v) is 8.97. The van der Waals surface area contributed by atoms with Crippen LogP contribution in [0.25, 0.3) is 21.8 Å². The zero-order chi connectivity index (χ0) is 18.5. The van der Waals surface area contributed by atoms with Crippen LogP contribution in [-0.2, 0) is 0 Å². The van der Waals surface area contributed by atoms with Gasteiger partial charge in [-0.25, -0.2) is 19.9 Å². The summed E-state index contributed by atoms with van der Waals surface area (Å²) in [7, 11) is 0. The summed E-state index contributed by atoms with van der Waals surface area (Å²) in [6.45, 7) is 8.50. The van der Waals surface area contributed by atoms with Crippen molar-refractivity contribution in [1.29, 1.82) is 0 Å². The Kier molecular flexibility index (Phi) is 5.52. The molecule has 2 aromatic heterocycles. The van der Waals surface area contributed by atoms with Crippen LogP contribution >= 0.6 is 0 Å². The van der Waals surface area contributed by atoms with Crippen LogP contribution in [0.15, 0.2) is 61.1 Å². The highest BCUT2D eigenvalue weighted by Gasteiger charge is 2.05. The monoisotopic (exact) mass is 344 g/mol. The van der Waals surface area contributed by atoms with Crippen LogP contribution in [0.4, 0.5) is 0 Å². The van der Waals surface area contributed by atoms with E-state index < -0.39 is 0 Å². The number of hydrogen-bond acceptors (Lipinski definition) is 4. The van der Waals surface area contributed by atoms with E-state index in [1.54, 1.807) is 6.33 Å². The molecule has 0 N–H and O–H groups in total. The number of benzene rings is 2. The van der Waals surface area contributed by atoms with E-state index in [4.69, 9.17) is 0 Å². The molecule has 0 saturated carbocycles. The molecule has 4 aromatic rings. The van der Waals surface area contributed by atoms with Crippen LogP contribution in [0, 0.1) is 0 Å². The van der Waals surface area contributed by atoms with Gasteiger partial charge in [0.2, 0.25) is 0 Å². The van der Waals surface area contributed by atoms with E-state index >= 15 is 0 Å². The van der Waals surface area contributed by atoms with E-state index in [-0.39, 0.29) is 0 Å². The van der Waals surface area contributed by atoms with Crippen LogP contribution in [0.5, 0.6) is 0 Å². The Labute approximate surface area is 154 Å². The zero-order valence-electron chi connectivity index (χ0n) is 15.7. The Morgan fingerprint density at radius 1 is 0.692 bits per heavy atom. The SMILES string of the molecule is CC(C)c1ncc2ccccc2n1.CC(C)c1ncnc2ccccc12. The minimum atomic E-state index is 0.393. The number of para-hydroxylation sites is 2. The predicted octanol–water partition coefficient (Wildman–Crippen LogP) is 5.51. The molecule has 0 saturated heterocycles. The molecule has 0 radical (unpaired) electrons. The predicted molar refractivity (Wildman–Crippen MR) is 107 cm³/mol. The summed E-state index contributed by atoms with van der Waals surface area (Å²) in [5, 5.41) is 2.27. The van der Waals surface area contributed by atoms with Crippen LogP contribution in [0.2, 0.25) is 0 Å². The lowest BCUT2D eigenvalue weighted by molar-refractivity contribution is 0.783. The Balaban J connectivity index is 0.000000151. The highest BCUT2D eigenvalue weighted by molar-refractivity contribution is 5.80. The highest BCUT2D eigenvalue weighted by atomic mass is 14.9. The van der Waals surface area contributed by atoms with Gasteiger partial charge in [-0.05, 0) is 18.1 Å². The van der Waals surface area contributed by atoms with Crippen molar-refractivity contribution in [3.63, 3.8) is 0 Å². The zero-order valence-corrected chi connectivity index (χ0v) is 15.7. The minimum Gasteiger partial charge on any atom is -0.240 e. The van der Waals surface area contributed by atoms with Crippen LogP contribution in [-0.4, -0.2) is 19.9 Å². The molecule has 0 spiro atoms. The molecular weight excluding hydrogens is 320 g/mol. The van der Waals surface area contributed by atoms with Crippen molar-refractivity contribution in [3.8, 4) is 0 Å². The second-order valence-corrected chi connectivity index (χ2v) is 6.87. The smallest absolute Gasteiger partial charge is 0.131 e. The lowest BCUT2D eigenvalue weighted by atomic mass is 10.1. The first kappa shape index (κ1) is 17.9. The summed E-state index contributed by atoms with van der Waals surface area (Å²) >= 11 is 0. The van der Waals surface area contributed by atoms with Gasteiger partial charge in [-0.1, -0.05) is 64.1 Å². The normalized spacial score (nSPS) is 11.0. The second-order valence-electron chi connectivity index (χ2n) is 6.87. The molecule has 0 aliphatic carbocycles. The molecule has 0 aliphatic heterocycles. The maximum Gasteiger partial charge on any atom is 0.131 e. The third-order valence-corrected chi connectivity index (χ3v) is 4.14. The summed E-state index contributed by atoms with van der Waals surface area (Å²) in [5.41, 5.74) is 3.19. The Bertz CT molecular complexity index is 997. The lowest BCUT2D eigenvalue weighted by Gasteiger charge is -2.06. The van der Waals surface area contributed by atoms with Gasteiger partial charge in [-0.3, -0.25) is 0 Å². The Hall–Kier alpha value is -2.88. The molecule has 4 nitrogen and oxygen atoms in total. The van der Waals surface area contributed by atoms with Gasteiger partial charge in [0.15, 0.2) is 0 Å². The Morgan fingerprint density at radius 2 is 1.38 bits per heavy atom. The number of rotatable bonds is 2. The maximum atomic E-state index is 4.46. The third-order valence-electron chi connectivity index (χ3n) is 4.14. The lowest BCUT2D eigenvalue weighted by Crippen LogP contribution is -1.96. The van der Waals surface area contributed by atoms with Crippen LogP contribution in [0.3, 0.4) is 0 Å². The van der Waals surface area contributed by atoms with E-state index in [2.05, 4.69) is 53.7 Å². The van der Waals surface area contributed by atoms with Gasteiger partial charge in [0.25, 0.3) is 0 Å². The number of nitrogens with zero attached hydrogens (tertiary/aromatic N) is 4. The van der Waals surface area contributed by atoms with Crippen LogP contribution < -0.4 is 0 Å². The molecule has 0 aliphatic rings. The molecule has 2 heterocycles. The fraction of sp³-hybridized carbons (Fsp3) is 0.273. The quantitative estimate of drug-likeness (QED) is 0.481. The minimum absolute atomic E-state index is 0.393. The fourth-order valence-electron chi connectivity index (χ4n) is 2.75. The maximum absolute atomic E-state index is 4.46. The molecule has 132 valence electrons. The van der Waals surface area contributed by atoms with E-state index in [0.29, 0.717) is 11.8 Å². The molecule has 0 unspecified atom stereocenters. The molecule has 4 rings (SSSR count). The van der Waals surface area contributed by atoms with Crippen molar-refractivity contribution in [2.45, 2.75) is 39.5 Å². The van der Waals surface area contributed by atoms with Crippen molar-refractivity contribution >= 4 is 21.8 Å². The standard InChI is InChI=1S/2C11H12N2/c1-8(2)11-9-5-3-4-6-10(9)12-7-13-11;1-8(2)11-12-7-9-5-3-4-6-10(9)13-11/h2*3-8H,1-2H3. The van der Waals surface area contributed by atoms with Gasteiger partial charge < -0.3 is 0 Å². The Morgan fingerprint density at radius 3 is 2.12 bits per heavy atom. The van der Waals surface area contributed by atoms with Gasteiger partial charge >= 0.3 is 0 Å². The summed E-state index contributed by atoms with van der Waals surface area (Å²) in [6, 6.07) is 16.2. The van der Waals surface area contributed by atoms with E-state index in [1.807, 2.05) is 48.7 Å². The fourth-order valence-corrected chi connectivity index (χ4v) is 2.75. The number of fused-ring (bicyclic) bond motifs is 2. The average molecular weight is 344 g/mol. The number of aromatic nitrogens is 4. The van der Waals surface area contributed by atoms with E-state index in [1.165, 1.54) is 5.39 Å². The van der Waals surface area contributed by atoms with Crippen LogP contribution in [0.1, 0.15) is 51.0 Å². The molecular formula is C22H24N4. The third kappa shape index (κ3) is 4.02. The van der Waals surface area contributed by atoms with Crippen molar-refractivity contribution < 1.29 is 0 Å². The van der Waals surface area contributed by atoms with Gasteiger partial charge in [-0.2, -0.15) is 0 Å². The first-order chi connectivity index (χ1) is 12.6. The molecule has 4 heteroatoms. The van der Waals surface area contributed by atoms with Gasteiger partial charge in [0.05, 0.1) is 16.7 Å². The van der Waals surface area contributed by atoms with Crippen molar-refractivity contribution in [2.24, 2.45) is 0 Å². The second kappa shape index (κ2) is 8.00. The summed E-state index contributed by atoms with van der Waals surface area (Å²) in [4.78, 5) is 17.3.